The van der Waals surface area contributed by atoms with E-state index in [0.29, 0.717) is 6.61 Å². The lowest BCUT2D eigenvalue weighted by Crippen LogP contribution is -2.17. The summed E-state index contributed by atoms with van der Waals surface area (Å²) >= 11 is 0. The Morgan fingerprint density at radius 1 is 0.692 bits per heavy atom. The van der Waals surface area contributed by atoms with Gasteiger partial charge in [-0.05, 0) is 25.2 Å². The monoisotopic (exact) mass is 368 g/mol. The molecule has 0 bridgehead atoms. The van der Waals surface area contributed by atoms with Crippen LogP contribution < -0.4 is 0 Å². The van der Waals surface area contributed by atoms with Gasteiger partial charge in [0.2, 0.25) is 0 Å². The fraction of sp³-hybridized carbons (Fsp3) is 0.958. The quantitative estimate of drug-likeness (QED) is 0.170. The second kappa shape index (κ2) is 19.2. The number of unbranched alkanes of at least 4 members (excludes halogenated alkanes) is 11. The van der Waals surface area contributed by atoms with Gasteiger partial charge in [-0.2, -0.15) is 0 Å². The van der Waals surface area contributed by atoms with Gasteiger partial charge >= 0.3 is 5.97 Å². The lowest BCUT2D eigenvalue weighted by molar-refractivity contribution is -0.149. The molecule has 0 N–H and O–H groups in total. The first-order chi connectivity index (χ1) is 12.6. The average Bonchev–Trinajstić information content (AvgIpc) is 2.62. The molecule has 0 aliphatic carbocycles. The summed E-state index contributed by atoms with van der Waals surface area (Å²) in [5, 5.41) is 0. The first kappa shape index (κ1) is 25.5. The summed E-state index contributed by atoms with van der Waals surface area (Å²) in [5.74, 6) is 1.03. The molecule has 2 heteroatoms. The van der Waals surface area contributed by atoms with Crippen molar-refractivity contribution >= 4 is 5.97 Å². The SMILES string of the molecule is CCCC[C@H](CC)C(=O)OCCCCCCCCCCCCCC(C)C. The minimum atomic E-state index is 0.0364. The lowest BCUT2D eigenvalue weighted by atomic mass is 10.00. The zero-order chi connectivity index (χ0) is 19.5. The van der Waals surface area contributed by atoms with E-state index in [0.717, 1.165) is 38.0 Å². The van der Waals surface area contributed by atoms with Gasteiger partial charge in [-0.25, -0.2) is 0 Å². The summed E-state index contributed by atoms with van der Waals surface area (Å²) < 4.78 is 5.46. The van der Waals surface area contributed by atoms with E-state index in [4.69, 9.17) is 4.74 Å². The number of rotatable bonds is 19. The van der Waals surface area contributed by atoms with Gasteiger partial charge in [0.1, 0.15) is 0 Å². The van der Waals surface area contributed by atoms with E-state index in [2.05, 4.69) is 27.7 Å². The topological polar surface area (TPSA) is 26.3 Å². The molecule has 0 aliphatic rings. The van der Waals surface area contributed by atoms with Gasteiger partial charge in [-0.15, -0.1) is 0 Å². The molecule has 0 radical (unpaired) electrons. The normalized spacial score (nSPS) is 12.5. The van der Waals surface area contributed by atoms with Crippen LogP contribution in [0.3, 0.4) is 0 Å². The molecule has 0 saturated heterocycles. The molecule has 0 aromatic rings. The molecule has 1 atom stereocenters. The van der Waals surface area contributed by atoms with Gasteiger partial charge in [-0.1, -0.05) is 111 Å². The molecule has 0 fully saturated rings. The van der Waals surface area contributed by atoms with Gasteiger partial charge in [0.25, 0.3) is 0 Å². The van der Waals surface area contributed by atoms with Crippen molar-refractivity contribution in [1.29, 1.82) is 0 Å². The molecule has 0 amide bonds. The number of hydrogen-bond acceptors (Lipinski definition) is 2. The second-order valence-corrected chi connectivity index (χ2v) is 8.49. The fourth-order valence-corrected chi connectivity index (χ4v) is 3.48. The van der Waals surface area contributed by atoms with E-state index in [1.54, 1.807) is 0 Å². The third-order valence-electron chi connectivity index (χ3n) is 5.40. The fourth-order valence-electron chi connectivity index (χ4n) is 3.48. The number of hydrogen-bond donors (Lipinski definition) is 0. The van der Waals surface area contributed by atoms with E-state index in [1.165, 1.54) is 70.6 Å². The smallest absolute Gasteiger partial charge is 0.308 e. The minimum absolute atomic E-state index is 0.0364. The Kier molecular flexibility index (Phi) is 18.8. The van der Waals surface area contributed by atoms with E-state index < -0.39 is 0 Å². The highest BCUT2D eigenvalue weighted by molar-refractivity contribution is 5.72. The van der Waals surface area contributed by atoms with Crippen LogP contribution in [0.15, 0.2) is 0 Å². The largest absolute Gasteiger partial charge is 0.465 e. The molecule has 26 heavy (non-hydrogen) atoms. The van der Waals surface area contributed by atoms with Crippen molar-refractivity contribution in [3.05, 3.63) is 0 Å². The predicted molar refractivity (Wildman–Crippen MR) is 115 cm³/mol. The minimum Gasteiger partial charge on any atom is -0.465 e. The van der Waals surface area contributed by atoms with Crippen molar-refractivity contribution in [2.45, 2.75) is 130 Å². The van der Waals surface area contributed by atoms with Crippen LogP contribution in [0.2, 0.25) is 0 Å². The van der Waals surface area contributed by atoms with Gasteiger partial charge in [0.05, 0.1) is 12.5 Å². The van der Waals surface area contributed by atoms with Crippen molar-refractivity contribution in [3.63, 3.8) is 0 Å². The van der Waals surface area contributed by atoms with Crippen molar-refractivity contribution in [1.82, 2.24) is 0 Å². The van der Waals surface area contributed by atoms with Crippen molar-refractivity contribution in [2.75, 3.05) is 6.61 Å². The molecule has 0 rings (SSSR count). The van der Waals surface area contributed by atoms with Gasteiger partial charge < -0.3 is 4.74 Å². The zero-order valence-corrected chi connectivity index (χ0v) is 18.5. The predicted octanol–water partition coefficient (Wildman–Crippen LogP) is 8.08. The van der Waals surface area contributed by atoms with Gasteiger partial charge in [-0.3, -0.25) is 4.79 Å². The molecule has 0 aromatic carbocycles. The second-order valence-electron chi connectivity index (χ2n) is 8.49. The summed E-state index contributed by atoms with van der Waals surface area (Å²) in [6.07, 6.45) is 20.3. The van der Waals surface area contributed by atoms with Gasteiger partial charge in [0.15, 0.2) is 0 Å². The molecular formula is C24H48O2. The third kappa shape index (κ3) is 16.9. The molecule has 2 nitrogen and oxygen atoms in total. The number of ether oxygens (including phenoxy) is 1. The molecule has 0 saturated carbocycles. The Bertz CT molecular complexity index is 299. The third-order valence-corrected chi connectivity index (χ3v) is 5.40. The van der Waals surface area contributed by atoms with Crippen LogP contribution in [-0.4, -0.2) is 12.6 Å². The maximum absolute atomic E-state index is 12.0. The van der Waals surface area contributed by atoms with Crippen LogP contribution in [0.1, 0.15) is 130 Å². The van der Waals surface area contributed by atoms with Crippen LogP contribution in [0, 0.1) is 11.8 Å². The molecule has 0 aromatic heterocycles. The Balaban J connectivity index is 3.29. The Morgan fingerprint density at radius 3 is 1.65 bits per heavy atom. The number of esters is 1. The van der Waals surface area contributed by atoms with Crippen LogP contribution in [0.4, 0.5) is 0 Å². The standard InChI is InChI=1S/C24H48O2/c1-5-7-20-23(6-2)24(25)26-21-18-16-14-12-10-8-9-11-13-15-17-19-22(3)4/h22-23H,5-21H2,1-4H3/t23-/m0/s1. The summed E-state index contributed by atoms with van der Waals surface area (Å²) in [6, 6.07) is 0. The summed E-state index contributed by atoms with van der Waals surface area (Å²) in [5.41, 5.74) is 0. The van der Waals surface area contributed by atoms with Crippen molar-refractivity contribution in [2.24, 2.45) is 11.8 Å². The first-order valence-corrected chi connectivity index (χ1v) is 11.8. The maximum Gasteiger partial charge on any atom is 0.308 e. The van der Waals surface area contributed by atoms with Crippen molar-refractivity contribution in [3.8, 4) is 0 Å². The Hall–Kier alpha value is -0.530. The molecule has 0 spiro atoms. The number of carbonyl (C=O) groups excluding carboxylic acids is 1. The van der Waals surface area contributed by atoms with E-state index in [9.17, 15) is 4.79 Å². The highest BCUT2D eigenvalue weighted by atomic mass is 16.5. The van der Waals surface area contributed by atoms with Crippen LogP contribution in [0.25, 0.3) is 0 Å². The van der Waals surface area contributed by atoms with E-state index in [-0.39, 0.29) is 11.9 Å². The van der Waals surface area contributed by atoms with Crippen molar-refractivity contribution < 1.29 is 9.53 Å². The lowest BCUT2D eigenvalue weighted by Gasteiger charge is -2.13. The van der Waals surface area contributed by atoms with Crippen LogP contribution in [-0.2, 0) is 9.53 Å². The molecular weight excluding hydrogens is 320 g/mol. The summed E-state index contributed by atoms with van der Waals surface area (Å²) in [6.45, 7) is 9.52. The Labute approximate surface area is 164 Å². The maximum atomic E-state index is 12.0. The molecule has 156 valence electrons. The first-order valence-electron chi connectivity index (χ1n) is 11.8. The van der Waals surface area contributed by atoms with Gasteiger partial charge in [0, 0.05) is 0 Å². The highest BCUT2D eigenvalue weighted by Crippen LogP contribution is 2.16. The molecule has 0 aliphatic heterocycles. The number of carbonyl (C=O) groups is 1. The van der Waals surface area contributed by atoms with E-state index in [1.807, 2.05) is 0 Å². The van der Waals surface area contributed by atoms with E-state index >= 15 is 0 Å². The van der Waals surface area contributed by atoms with Crippen LogP contribution in [0.5, 0.6) is 0 Å². The average molecular weight is 369 g/mol. The Morgan fingerprint density at radius 2 is 1.19 bits per heavy atom. The molecule has 0 heterocycles. The zero-order valence-electron chi connectivity index (χ0n) is 18.5. The summed E-state index contributed by atoms with van der Waals surface area (Å²) in [7, 11) is 0. The highest BCUT2D eigenvalue weighted by Gasteiger charge is 2.16. The summed E-state index contributed by atoms with van der Waals surface area (Å²) in [4.78, 5) is 12.0. The van der Waals surface area contributed by atoms with Crippen LogP contribution >= 0.6 is 0 Å². The molecule has 0 unspecified atom stereocenters.